The molecule has 1 aliphatic rings. The van der Waals surface area contributed by atoms with Crippen molar-refractivity contribution in [1.82, 2.24) is 20.4 Å². The quantitative estimate of drug-likeness (QED) is 0.725. The van der Waals surface area contributed by atoms with Crippen molar-refractivity contribution in [1.29, 1.82) is 0 Å². The standard InChI is InChI=1S/C9H16N4O2/c1-10-4-8-5-13(2-3-14-8)6-9-11-7-12-15-9/h7-8,10H,2-6H2,1H3. The van der Waals surface area contributed by atoms with Crippen LogP contribution in [0.25, 0.3) is 0 Å². The Morgan fingerprint density at radius 3 is 3.33 bits per heavy atom. The zero-order chi connectivity index (χ0) is 10.5. The van der Waals surface area contributed by atoms with E-state index in [-0.39, 0.29) is 6.10 Å². The van der Waals surface area contributed by atoms with Gasteiger partial charge in [-0.25, -0.2) is 0 Å². The van der Waals surface area contributed by atoms with E-state index >= 15 is 0 Å². The predicted octanol–water partition coefficient (Wildman–Crippen LogP) is -0.510. The third kappa shape index (κ3) is 2.98. The van der Waals surface area contributed by atoms with Gasteiger partial charge in [-0.1, -0.05) is 5.16 Å². The normalized spacial score (nSPS) is 23.1. The fourth-order valence-corrected chi connectivity index (χ4v) is 1.73. The van der Waals surface area contributed by atoms with E-state index in [0.29, 0.717) is 12.4 Å². The first-order chi connectivity index (χ1) is 7.38. The van der Waals surface area contributed by atoms with Crippen molar-refractivity contribution in [2.45, 2.75) is 12.6 Å². The van der Waals surface area contributed by atoms with E-state index in [2.05, 4.69) is 20.4 Å². The lowest BCUT2D eigenvalue weighted by Crippen LogP contribution is -2.45. The topological polar surface area (TPSA) is 63.4 Å². The minimum Gasteiger partial charge on any atom is -0.374 e. The molecule has 0 saturated carbocycles. The summed E-state index contributed by atoms with van der Waals surface area (Å²) in [6, 6.07) is 0. The van der Waals surface area contributed by atoms with E-state index in [1.807, 2.05) is 7.05 Å². The van der Waals surface area contributed by atoms with Crippen molar-refractivity contribution in [3.63, 3.8) is 0 Å². The van der Waals surface area contributed by atoms with Crippen molar-refractivity contribution >= 4 is 0 Å². The number of hydrogen-bond acceptors (Lipinski definition) is 6. The summed E-state index contributed by atoms with van der Waals surface area (Å²) >= 11 is 0. The molecule has 1 unspecified atom stereocenters. The highest BCUT2D eigenvalue weighted by atomic mass is 16.5. The molecule has 6 heteroatoms. The van der Waals surface area contributed by atoms with Crippen LogP contribution >= 0.6 is 0 Å². The van der Waals surface area contributed by atoms with Crippen LogP contribution in [0.5, 0.6) is 0 Å². The number of ether oxygens (including phenoxy) is 1. The Balaban J connectivity index is 1.82. The maximum Gasteiger partial charge on any atom is 0.240 e. The average molecular weight is 212 g/mol. The molecule has 0 bridgehead atoms. The van der Waals surface area contributed by atoms with Crippen LogP contribution in [-0.4, -0.2) is 54.4 Å². The monoisotopic (exact) mass is 212 g/mol. The van der Waals surface area contributed by atoms with Gasteiger partial charge in [0.05, 0.1) is 19.3 Å². The summed E-state index contributed by atoms with van der Waals surface area (Å²) in [6.45, 7) is 4.18. The molecule has 0 aliphatic carbocycles. The molecule has 2 rings (SSSR count). The van der Waals surface area contributed by atoms with E-state index in [9.17, 15) is 0 Å². The van der Waals surface area contributed by atoms with Crippen molar-refractivity contribution in [2.75, 3.05) is 33.3 Å². The van der Waals surface area contributed by atoms with Crippen LogP contribution in [0.1, 0.15) is 5.89 Å². The number of rotatable bonds is 4. The molecular weight excluding hydrogens is 196 g/mol. The smallest absolute Gasteiger partial charge is 0.240 e. The lowest BCUT2D eigenvalue weighted by molar-refractivity contribution is -0.0318. The molecule has 1 aromatic rings. The van der Waals surface area contributed by atoms with Crippen LogP contribution < -0.4 is 5.32 Å². The fraction of sp³-hybridized carbons (Fsp3) is 0.778. The molecule has 1 fully saturated rings. The molecule has 0 amide bonds. The van der Waals surface area contributed by atoms with Gasteiger partial charge in [0.25, 0.3) is 0 Å². The Labute approximate surface area is 88.6 Å². The van der Waals surface area contributed by atoms with Crippen LogP contribution in [0.4, 0.5) is 0 Å². The number of morpholine rings is 1. The van der Waals surface area contributed by atoms with Gasteiger partial charge in [-0.3, -0.25) is 4.90 Å². The molecule has 0 radical (unpaired) electrons. The van der Waals surface area contributed by atoms with Gasteiger partial charge in [-0.05, 0) is 7.05 Å². The predicted molar refractivity (Wildman–Crippen MR) is 53.2 cm³/mol. The molecule has 0 spiro atoms. The highest BCUT2D eigenvalue weighted by Gasteiger charge is 2.20. The van der Waals surface area contributed by atoms with E-state index < -0.39 is 0 Å². The molecule has 1 aromatic heterocycles. The van der Waals surface area contributed by atoms with E-state index in [0.717, 1.165) is 26.2 Å². The average Bonchev–Trinajstić information content (AvgIpc) is 2.71. The van der Waals surface area contributed by atoms with E-state index in [1.54, 1.807) is 0 Å². The van der Waals surface area contributed by atoms with Gasteiger partial charge < -0.3 is 14.6 Å². The third-order valence-electron chi connectivity index (χ3n) is 2.42. The van der Waals surface area contributed by atoms with Gasteiger partial charge in [0.2, 0.25) is 5.89 Å². The molecular formula is C9H16N4O2. The minimum atomic E-state index is 0.256. The number of likely N-dealkylation sites (N-methyl/N-ethyl adjacent to an activating group) is 1. The first-order valence-electron chi connectivity index (χ1n) is 5.12. The number of nitrogens with zero attached hydrogens (tertiary/aromatic N) is 3. The van der Waals surface area contributed by atoms with Gasteiger partial charge >= 0.3 is 0 Å². The molecule has 2 heterocycles. The van der Waals surface area contributed by atoms with Crippen molar-refractivity contribution in [3.05, 3.63) is 12.2 Å². The van der Waals surface area contributed by atoms with Gasteiger partial charge in [-0.15, -0.1) is 0 Å². The van der Waals surface area contributed by atoms with Crippen molar-refractivity contribution in [2.24, 2.45) is 0 Å². The number of aromatic nitrogens is 2. The molecule has 1 saturated heterocycles. The molecule has 1 N–H and O–H groups in total. The maximum atomic E-state index is 5.60. The Kier molecular flexibility index (Phi) is 3.65. The lowest BCUT2D eigenvalue weighted by Gasteiger charge is -2.31. The van der Waals surface area contributed by atoms with Crippen LogP contribution in [0, 0.1) is 0 Å². The highest BCUT2D eigenvalue weighted by Crippen LogP contribution is 2.07. The third-order valence-corrected chi connectivity index (χ3v) is 2.42. The van der Waals surface area contributed by atoms with Crippen molar-refractivity contribution in [3.8, 4) is 0 Å². The van der Waals surface area contributed by atoms with E-state index in [1.165, 1.54) is 6.33 Å². The summed E-state index contributed by atoms with van der Waals surface area (Å²) < 4.78 is 10.6. The molecule has 1 aliphatic heterocycles. The summed E-state index contributed by atoms with van der Waals surface area (Å²) in [5, 5.41) is 6.70. The summed E-state index contributed by atoms with van der Waals surface area (Å²) in [6.07, 6.45) is 1.69. The molecule has 1 atom stereocenters. The Hall–Kier alpha value is -0.980. The maximum absolute atomic E-state index is 5.60. The zero-order valence-electron chi connectivity index (χ0n) is 8.85. The number of hydrogen-bond donors (Lipinski definition) is 1. The van der Waals surface area contributed by atoms with Gasteiger partial charge in [0.15, 0.2) is 6.33 Å². The highest BCUT2D eigenvalue weighted by molar-refractivity contribution is 4.79. The Morgan fingerprint density at radius 1 is 1.67 bits per heavy atom. The second-order valence-corrected chi connectivity index (χ2v) is 3.62. The zero-order valence-corrected chi connectivity index (χ0v) is 8.85. The number of nitrogens with one attached hydrogen (secondary N) is 1. The van der Waals surface area contributed by atoms with Gasteiger partial charge in [0.1, 0.15) is 0 Å². The van der Waals surface area contributed by atoms with E-state index in [4.69, 9.17) is 9.26 Å². The first-order valence-corrected chi connectivity index (χ1v) is 5.12. The lowest BCUT2D eigenvalue weighted by atomic mass is 10.2. The molecule has 15 heavy (non-hydrogen) atoms. The van der Waals surface area contributed by atoms with Crippen LogP contribution in [0.15, 0.2) is 10.9 Å². The second kappa shape index (κ2) is 5.20. The minimum absolute atomic E-state index is 0.256. The molecule has 6 nitrogen and oxygen atoms in total. The summed E-state index contributed by atoms with van der Waals surface area (Å²) in [5.41, 5.74) is 0. The van der Waals surface area contributed by atoms with Crippen LogP contribution in [-0.2, 0) is 11.3 Å². The fourth-order valence-electron chi connectivity index (χ4n) is 1.73. The SMILES string of the molecule is CNCC1CN(Cc2ncno2)CCO1. The van der Waals surface area contributed by atoms with Crippen LogP contribution in [0.2, 0.25) is 0 Å². The Bertz CT molecular complexity index is 276. The largest absolute Gasteiger partial charge is 0.374 e. The summed E-state index contributed by atoms with van der Waals surface area (Å²) in [5.74, 6) is 0.667. The van der Waals surface area contributed by atoms with Crippen LogP contribution in [0.3, 0.4) is 0 Å². The second-order valence-electron chi connectivity index (χ2n) is 3.62. The first kappa shape index (κ1) is 10.5. The summed E-state index contributed by atoms with van der Waals surface area (Å²) in [7, 11) is 1.93. The Morgan fingerprint density at radius 2 is 2.60 bits per heavy atom. The molecule has 84 valence electrons. The summed E-state index contributed by atoms with van der Waals surface area (Å²) in [4.78, 5) is 6.27. The molecule has 0 aromatic carbocycles. The van der Waals surface area contributed by atoms with Gasteiger partial charge in [0, 0.05) is 19.6 Å². The van der Waals surface area contributed by atoms with Crippen molar-refractivity contribution < 1.29 is 9.26 Å². The van der Waals surface area contributed by atoms with Gasteiger partial charge in [-0.2, -0.15) is 4.98 Å².